The highest BCUT2D eigenvalue weighted by atomic mass is 19.1. The van der Waals surface area contributed by atoms with Crippen molar-refractivity contribution in [3.63, 3.8) is 0 Å². The smallest absolute Gasteiger partial charge is 0.253 e. The van der Waals surface area contributed by atoms with Gasteiger partial charge in [0.1, 0.15) is 0 Å². The molecule has 2 heterocycles. The van der Waals surface area contributed by atoms with Crippen molar-refractivity contribution in [2.75, 3.05) is 6.61 Å². The van der Waals surface area contributed by atoms with E-state index in [0.29, 0.717) is 17.7 Å². The second-order valence-electron chi connectivity index (χ2n) is 5.60. The van der Waals surface area contributed by atoms with Crippen molar-refractivity contribution in [1.29, 1.82) is 0 Å². The second-order valence-corrected chi connectivity index (χ2v) is 5.60. The van der Waals surface area contributed by atoms with Gasteiger partial charge in [-0.25, -0.2) is 4.98 Å². The van der Waals surface area contributed by atoms with Gasteiger partial charge in [-0.05, 0) is 39.7 Å². The molecule has 2 rings (SSSR count). The minimum atomic E-state index is -0.538. The first-order chi connectivity index (χ1) is 8.87. The Morgan fingerprint density at radius 3 is 2.95 bits per heavy atom. The minimum absolute atomic E-state index is 0.0848. The van der Waals surface area contributed by atoms with Gasteiger partial charge in [0.05, 0.1) is 11.2 Å². The van der Waals surface area contributed by atoms with Crippen LogP contribution in [0.2, 0.25) is 0 Å². The molecule has 0 saturated carbocycles. The van der Waals surface area contributed by atoms with Gasteiger partial charge in [-0.2, -0.15) is 4.39 Å². The van der Waals surface area contributed by atoms with Gasteiger partial charge in [0.25, 0.3) is 5.91 Å². The van der Waals surface area contributed by atoms with Gasteiger partial charge in [-0.3, -0.25) is 4.79 Å². The van der Waals surface area contributed by atoms with Crippen molar-refractivity contribution in [3.8, 4) is 0 Å². The van der Waals surface area contributed by atoms with Crippen LogP contribution in [-0.2, 0) is 4.74 Å². The summed E-state index contributed by atoms with van der Waals surface area (Å²) in [6.45, 7) is 6.25. The average molecular weight is 266 g/mol. The molecule has 1 aliphatic rings. The lowest BCUT2D eigenvalue weighted by atomic mass is 9.94. The molecule has 1 aliphatic heterocycles. The third-order valence-corrected chi connectivity index (χ3v) is 3.31. The Labute approximate surface area is 112 Å². The van der Waals surface area contributed by atoms with E-state index in [1.54, 1.807) is 6.92 Å². The molecular formula is C14H19FN2O2. The number of ether oxygens (including phenoxy) is 1. The van der Waals surface area contributed by atoms with Crippen molar-refractivity contribution in [3.05, 3.63) is 29.3 Å². The van der Waals surface area contributed by atoms with Crippen molar-refractivity contribution in [2.24, 2.45) is 0 Å². The lowest BCUT2D eigenvalue weighted by Gasteiger charge is -2.35. The summed E-state index contributed by atoms with van der Waals surface area (Å²) in [7, 11) is 0. The SMILES string of the molecule is Cc1cc(C(=O)NC2CCOC(C)(C)C2)cnc1F. The summed E-state index contributed by atoms with van der Waals surface area (Å²) in [5.41, 5.74) is 0.552. The van der Waals surface area contributed by atoms with E-state index in [4.69, 9.17) is 4.74 Å². The van der Waals surface area contributed by atoms with E-state index in [0.717, 1.165) is 12.8 Å². The number of rotatable bonds is 2. The summed E-state index contributed by atoms with van der Waals surface area (Å²) < 4.78 is 18.7. The van der Waals surface area contributed by atoms with E-state index in [1.165, 1.54) is 12.3 Å². The number of carbonyl (C=O) groups is 1. The number of hydrogen-bond acceptors (Lipinski definition) is 3. The number of amides is 1. The third-order valence-electron chi connectivity index (χ3n) is 3.31. The van der Waals surface area contributed by atoms with E-state index in [9.17, 15) is 9.18 Å². The molecule has 4 nitrogen and oxygen atoms in total. The first kappa shape index (κ1) is 13.9. The number of pyridine rings is 1. The quantitative estimate of drug-likeness (QED) is 0.835. The molecule has 1 amide bonds. The molecule has 0 spiro atoms. The Hall–Kier alpha value is -1.49. The topological polar surface area (TPSA) is 51.2 Å². The highest BCUT2D eigenvalue weighted by Crippen LogP contribution is 2.24. The molecule has 19 heavy (non-hydrogen) atoms. The molecule has 0 aliphatic carbocycles. The number of nitrogens with one attached hydrogen (secondary N) is 1. The zero-order valence-electron chi connectivity index (χ0n) is 11.5. The summed E-state index contributed by atoms with van der Waals surface area (Å²) in [5.74, 6) is -0.748. The number of carbonyl (C=O) groups excluding carboxylic acids is 1. The minimum Gasteiger partial charge on any atom is -0.375 e. The lowest BCUT2D eigenvalue weighted by molar-refractivity contribution is -0.0615. The highest BCUT2D eigenvalue weighted by Gasteiger charge is 2.29. The number of halogens is 1. The molecule has 0 aromatic carbocycles. The van der Waals surface area contributed by atoms with Crippen LogP contribution in [0.5, 0.6) is 0 Å². The normalized spacial score (nSPS) is 22.0. The average Bonchev–Trinajstić information content (AvgIpc) is 2.31. The Balaban J connectivity index is 2.02. The zero-order chi connectivity index (χ0) is 14.0. The van der Waals surface area contributed by atoms with Crippen molar-refractivity contribution < 1.29 is 13.9 Å². The molecule has 1 saturated heterocycles. The monoisotopic (exact) mass is 266 g/mol. The van der Waals surface area contributed by atoms with Crippen LogP contribution in [0.25, 0.3) is 0 Å². The van der Waals surface area contributed by atoms with Crippen LogP contribution < -0.4 is 5.32 Å². The summed E-state index contributed by atoms with van der Waals surface area (Å²) in [6, 6.07) is 1.60. The predicted octanol–water partition coefficient (Wildman–Crippen LogP) is 2.22. The summed E-state index contributed by atoms with van der Waals surface area (Å²) in [6.07, 6.45) is 2.83. The Morgan fingerprint density at radius 1 is 1.58 bits per heavy atom. The lowest BCUT2D eigenvalue weighted by Crippen LogP contribution is -2.45. The predicted molar refractivity (Wildman–Crippen MR) is 69.5 cm³/mol. The second kappa shape index (κ2) is 5.25. The van der Waals surface area contributed by atoms with E-state index in [2.05, 4.69) is 10.3 Å². The van der Waals surface area contributed by atoms with Gasteiger partial charge in [0, 0.05) is 24.4 Å². The molecule has 1 atom stereocenters. The molecular weight excluding hydrogens is 247 g/mol. The number of nitrogens with zero attached hydrogens (tertiary/aromatic N) is 1. The summed E-state index contributed by atoms with van der Waals surface area (Å²) in [4.78, 5) is 15.6. The molecule has 104 valence electrons. The molecule has 1 N–H and O–H groups in total. The standard InChI is InChI=1S/C14H19FN2O2/c1-9-6-10(8-16-12(9)15)13(18)17-11-4-5-19-14(2,3)7-11/h6,8,11H,4-5,7H2,1-3H3,(H,17,18). The third kappa shape index (κ3) is 3.50. The van der Waals surface area contributed by atoms with E-state index in [-0.39, 0.29) is 17.6 Å². The largest absolute Gasteiger partial charge is 0.375 e. The van der Waals surface area contributed by atoms with Gasteiger partial charge in [0.15, 0.2) is 0 Å². The maximum absolute atomic E-state index is 13.1. The Morgan fingerprint density at radius 2 is 2.32 bits per heavy atom. The zero-order valence-corrected chi connectivity index (χ0v) is 11.5. The molecule has 1 aromatic rings. The maximum atomic E-state index is 13.1. The maximum Gasteiger partial charge on any atom is 0.253 e. The molecule has 1 fully saturated rings. The van der Waals surface area contributed by atoms with Crippen LogP contribution in [-0.4, -0.2) is 29.1 Å². The number of hydrogen-bond donors (Lipinski definition) is 1. The fourth-order valence-corrected chi connectivity index (χ4v) is 2.31. The first-order valence-electron chi connectivity index (χ1n) is 6.44. The first-order valence-corrected chi connectivity index (χ1v) is 6.44. The van der Waals surface area contributed by atoms with Crippen molar-refractivity contribution in [2.45, 2.75) is 45.3 Å². The molecule has 1 unspecified atom stereocenters. The van der Waals surface area contributed by atoms with Gasteiger partial charge in [-0.15, -0.1) is 0 Å². The summed E-state index contributed by atoms with van der Waals surface area (Å²) >= 11 is 0. The fourth-order valence-electron chi connectivity index (χ4n) is 2.31. The van der Waals surface area contributed by atoms with E-state index < -0.39 is 5.95 Å². The number of aryl methyl sites for hydroxylation is 1. The highest BCUT2D eigenvalue weighted by molar-refractivity contribution is 5.94. The Bertz CT molecular complexity index is 488. The van der Waals surface area contributed by atoms with Crippen LogP contribution in [0.1, 0.15) is 42.6 Å². The van der Waals surface area contributed by atoms with E-state index in [1.807, 2.05) is 13.8 Å². The molecule has 1 aromatic heterocycles. The molecule has 5 heteroatoms. The fraction of sp³-hybridized carbons (Fsp3) is 0.571. The van der Waals surface area contributed by atoms with Gasteiger partial charge < -0.3 is 10.1 Å². The van der Waals surface area contributed by atoms with Crippen LogP contribution in [0.3, 0.4) is 0 Å². The van der Waals surface area contributed by atoms with Crippen molar-refractivity contribution >= 4 is 5.91 Å². The van der Waals surface area contributed by atoms with Gasteiger partial charge >= 0.3 is 0 Å². The van der Waals surface area contributed by atoms with E-state index >= 15 is 0 Å². The molecule has 0 radical (unpaired) electrons. The number of aromatic nitrogens is 1. The van der Waals surface area contributed by atoms with Crippen LogP contribution >= 0.6 is 0 Å². The van der Waals surface area contributed by atoms with Crippen LogP contribution in [0, 0.1) is 12.9 Å². The summed E-state index contributed by atoms with van der Waals surface area (Å²) in [5, 5.41) is 2.96. The van der Waals surface area contributed by atoms with Crippen LogP contribution in [0.15, 0.2) is 12.3 Å². The van der Waals surface area contributed by atoms with Gasteiger partial charge in [0.2, 0.25) is 5.95 Å². The Kier molecular flexibility index (Phi) is 3.85. The van der Waals surface area contributed by atoms with Crippen molar-refractivity contribution in [1.82, 2.24) is 10.3 Å². The van der Waals surface area contributed by atoms with Crippen LogP contribution in [0.4, 0.5) is 4.39 Å². The molecule has 0 bridgehead atoms. The van der Waals surface area contributed by atoms with Gasteiger partial charge in [-0.1, -0.05) is 0 Å².